The molecular formula is C32H27NO9. The highest BCUT2D eigenvalue weighted by Crippen LogP contribution is 2.46. The summed E-state index contributed by atoms with van der Waals surface area (Å²) in [5, 5.41) is 31.1. The normalized spacial score (nSPS) is 14.8. The van der Waals surface area contributed by atoms with Gasteiger partial charge in [-0.1, -0.05) is 13.8 Å². The fourth-order valence-electron chi connectivity index (χ4n) is 5.56. The second-order valence-electron chi connectivity index (χ2n) is 10.8. The largest absolute Gasteiger partial charge is 0.507 e. The molecule has 2 aromatic heterocycles. The first-order valence-electron chi connectivity index (χ1n) is 13.3. The number of ether oxygens (including phenoxy) is 2. The van der Waals surface area contributed by atoms with Crippen LogP contribution < -0.4 is 20.5 Å². The van der Waals surface area contributed by atoms with E-state index < -0.39 is 28.8 Å². The fourth-order valence-corrected chi connectivity index (χ4v) is 5.56. The number of carbonyl (C=O) groups excluding carboxylic acids is 1. The number of hydrogen-bond acceptors (Lipinski definition) is 9. The van der Waals surface area contributed by atoms with Crippen LogP contribution in [0.15, 0.2) is 68.6 Å². The van der Waals surface area contributed by atoms with Gasteiger partial charge in [-0.05, 0) is 48.4 Å². The molecule has 0 amide bonds. The van der Waals surface area contributed by atoms with E-state index in [9.17, 15) is 29.7 Å². The molecule has 1 atom stereocenters. The number of aromatic nitrogens is 1. The van der Waals surface area contributed by atoms with E-state index >= 15 is 0 Å². The van der Waals surface area contributed by atoms with E-state index in [2.05, 4.69) is 0 Å². The highest BCUT2D eigenvalue weighted by atomic mass is 16.5. The van der Waals surface area contributed by atoms with Gasteiger partial charge in [-0.2, -0.15) is 0 Å². The Morgan fingerprint density at radius 3 is 2.45 bits per heavy atom. The van der Waals surface area contributed by atoms with E-state index in [4.69, 9.17) is 13.9 Å². The standard InChI is InChI=1S/C32H27NO9/c1-15(2)14-33-21-6-5-18(40-3)8-17(21)9-20(32(33)39)19-11-28(38)41-27-13-25(37)30-24(36)12-26(42-31(30)29(19)27)16-4-7-22(34)23(35)10-16/h4-10,12-13,15,19,34-35,37H,11,14H2,1-3H3/t19-/m0/s1. The second kappa shape index (κ2) is 9.99. The molecular weight excluding hydrogens is 542 g/mol. The van der Waals surface area contributed by atoms with Gasteiger partial charge < -0.3 is 33.8 Å². The number of benzene rings is 3. The number of methoxy groups -OCH3 is 1. The number of phenols is 3. The van der Waals surface area contributed by atoms with Gasteiger partial charge in [0.15, 0.2) is 16.9 Å². The van der Waals surface area contributed by atoms with Gasteiger partial charge in [-0.15, -0.1) is 0 Å². The Bertz CT molecular complexity index is 2040. The van der Waals surface area contributed by atoms with Gasteiger partial charge in [0.1, 0.15) is 34.0 Å². The summed E-state index contributed by atoms with van der Waals surface area (Å²) in [5.41, 5.74) is 0.580. The predicted octanol–water partition coefficient (Wildman–Crippen LogP) is 5.00. The molecule has 0 fully saturated rings. The van der Waals surface area contributed by atoms with Gasteiger partial charge in [0.25, 0.3) is 5.56 Å². The van der Waals surface area contributed by atoms with E-state index in [0.717, 1.165) is 11.5 Å². The monoisotopic (exact) mass is 569 g/mol. The Hall–Kier alpha value is -5.25. The molecule has 1 aliphatic rings. The lowest BCUT2D eigenvalue weighted by Gasteiger charge is -2.27. The molecule has 0 radical (unpaired) electrons. The molecule has 0 bridgehead atoms. The zero-order valence-electron chi connectivity index (χ0n) is 23.0. The van der Waals surface area contributed by atoms with Crippen molar-refractivity contribution in [3.63, 3.8) is 0 Å². The maximum Gasteiger partial charge on any atom is 0.312 e. The molecule has 6 rings (SSSR count). The number of fused-ring (bicyclic) bond motifs is 4. The zero-order chi connectivity index (χ0) is 29.9. The lowest BCUT2D eigenvalue weighted by Crippen LogP contribution is -2.31. The van der Waals surface area contributed by atoms with Crippen LogP contribution in [0.3, 0.4) is 0 Å². The van der Waals surface area contributed by atoms with Gasteiger partial charge in [0.2, 0.25) is 0 Å². The summed E-state index contributed by atoms with van der Waals surface area (Å²) in [6.45, 7) is 4.41. The van der Waals surface area contributed by atoms with Crippen LogP contribution >= 0.6 is 0 Å². The number of carbonyl (C=O) groups is 1. The van der Waals surface area contributed by atoms with Crippen molar-refractivity contribution in [3.05, 3.63) is 86.3 Å². The minimum absolute atomic E-state index is 0.0318. The molecule has 1 aliphatic heterocycles. The molecule has 5 aromatic rings. The first-order valence-corrected chi connectivity index (χ1v) is 13.3. The van der Waals surface area contributed by atoms with Gasteiger partial charge in [0, 0.05) is 46.7 Å². The van der Waals surface area contributed by atoms with Crippen molar-refractivity contribution in [1.29, 1.82) is 0 Å². The molecule has 3 N–H and O–H groups in total. The number of phenolic OH excluding ortho intramolecular Hbond substituents is 3. The second-order valence-corrected chi connectivity index (χ2v) is 10.8. The number of rotatable bonds is 5. The van der Waals surface area contributed by atoms with E-state index in [1.165, 1.54) is 24.3 Å². The third-order valence-electron chi connectivity index (χ3n) is 7.44. The summed E-state index contributed by atoms with van der Waals surface area (Å²) in [6.07, 6.45) is -0.215. The zero-order valence-corrected chi connectivity index (χ0v) is 23.0. The third kappa shape index (κ3) is 4.41. The van der Waals surface area contributed by atoms with Crippen LogP contribution in [0.5, 0.6) is 28.7 Å². The van der Waals surface area contributed by atoms with Gasteiger partial charge in [-0.25, -0.2) is 0 Å². The Morgan fingerprint density at radius 2 is 1.74 bits per heavy atom. The first-order chi connectivity index (χ1) is 20.0. The van der Waals surface area contributed by atoms with Crippen LogP contribution in [0.2, 0.25) is 0 Å². The minimum Gasteiger partial charge on any atom is -0.507 e. The molecule has 0 saturated heterocycles. The van der Waals surface area contributed by atoms with Gasteiger partial charge >= 0.3 is 5.97 Å². The molecule has 0 saturated carbocycles. The third-order valence-corrected chi connectivity index (χ3v) is 7.44. The topological polar surface area (TPSA) is 148 Å². The van der Waals surface area contributed by atoms with Crippen LogP contribution in [0.25, 0.3) is 33.2 Å². The number of nitrogens with zero attached hydrogens (tertiary/aromatic N) is 1. The Labute approximate surface area is 238 Å². The minimum atomic E-state index is -0.877. The molecule has 214 valence electrons. The summed E-state index contributed by atoms with van der Waals surface area (Å²) in [4.78, 5) is 40.3. The van der Waals surface area contributed by atoms with E-state index in [1.807, 2.05) is 26.0 Å². The van der Waals surface area contributed by atoms with Crippen molar-refractivity contribution in [1.82, 2.24) is 4.57 Å². The highest BCUT2D eigenvalue weighted by molar-refractivity contribution is 5.93. The average molecular weight is 570 g/mol. The van der Waals surface area contributed by atoms with Gasteiger partial charge in [0.05, 0.1) is 19.0 Å². The van der Waals surface area contributed by atoms with Crippen molar-refractivity contribution in [3.8, 4) is 40.1 Å². The fraction of sp³-hybridized carbons (Fsp3) is 0.219. The molecule has 0 spiro atoms. The predicted molar refractivity (Wildman–Crippen MR) is 155 cm³/mol. The van der Waals surface area contributed by atoms with Crippen LogP contribution in [-0.4, -0.2) is 33.0 Å². The van der Waals surface area contributed by atoms with Crippen molar-refractivity contribution in [2.75, 3.05) is 7.11 Å². The maximum absolute atomic E-state index is 14.1. The molecule has 3 aromatic carbocycles. The number of pyridine rings is 1. The molecule has 0 unspecified atom stereocenters. The summed E-state index contributed by atoms with van der Waals surface area (Å²) >= 11 is 0. The van der Waals surface area contributed by atoms with E-state index in [0.29, 0.717) is 17.8 Å². The van der Waals surface area contributed by atoms with Crippen LogP contribution in [0.1, 0.15) is 37.3 Å². The lowest BCUT2D eigenvalue weighted by atomic mass is 9.85. The quantitative estimate of drug-likeness (QED) is 0.151. The van der Waals surface area contributed by atoms with Crippen LogP contribution in [0, 0.1) is 5.92 Å². The van der Waals surface area contributed by atoms with Crippen molar-refractivity contribution in [2.45, 2.75) is 32.7 Å². The average Bonchev–Trinajstić information content (AvgIpc) is 2.94. The van der Waals surface area contributed by atoms with Crippen molar-refractivity contribution >= 4 is 27.8 Å². The lowest BCUT2D eigenvalue weighted by molar-refractivity contribution is -0.135. The van der Waals surface area contributed by atoms with E-state index in [-0.39, 0.29) is 62.8 Å². The first kappa shape index (κ1) is 26.9. The number of hydrogen-bond donors (Lipinski definition) is 3. The van der Waals surface area contributed by atoms with Crippen molar-refractivity contribution < 1.29 is 34.0 Å². The van der Waals surface area contributed by atoms with Crippen LogP contribution in [-0.2, 0) is 11.3 Å². The van der Waals surface area contributed by atoms with E-state index in [1.54, 1.807) is 23.8 Å². The van der Waals surface area contributed by atoms with Gasteiger partial charge in [-0.3, -0.25) is 14.4 Å². The smallest absolute Gasteiger partial charge is 0.312 e. The summed E-state index contributed by atoms with van der Waals surface area (Å²) < 4.78 is 18.7. The Balaban J connectivity index is 1.67. The maximum atomic E-state index is 14.1. The summed E-state index contributed by atoms with van der Waals surface area (Å²) in [7, 11) is 1.55. The van der Waals surface area contributed by atoms with Crippen LogP contribution in [0.4, 0.5) is 0 Å². The molecule has 10 nitrogen and oxygen atoms in total. The van der Waals surface area contributed by atoms with Crippen molar-refractivity contribution in [2.24, 2.45) is 5.92 Å². The summed E-state index contributed by atoms with van der Waals surface area (Å²) in [5.74, 6) is -1.99. The summed E-state index contributed by atoms with van der Waals surface area (Å²) in [6, 6.07) is 13.4. The highest BCUT2D eigenvalue weighted by Gasteiger charge is 2.35. The Kier molecular flexibility index (Phi) is 6.41. The Morgan fingerprint density at radius 1 is 0.952 bits per heavy atom. The SMILES string of the molecule is COc1ccc2c(c1)cc([C@@H]1CC(=O)Oc3cc(O)c4c(=O)cc(-c5ccc(O)c(O)c5)oc4c31)c(=O)n2CC(C)C. The number of aromatic hydroxyl groups is 3. The molecule has 42 heavy (non-hydrogen) atoms. The molecule has 0 aliphatic carbocycles. The number of esters is 1. The molecule has 10 heteroatoms. The molecule has 3 heterocycles.